The van der Waals surface area contributed by atoms with Crippen LogP contribution in [0.2, 0.25) is 5.02 Å². The molecule has 0 saturated carbocycles. The highest BCUT2D eigenvalue weighted by Crippen LogP contribution is 2.41. The van der Waals surface area contributed by atoms with Crippen LogP contribution in [-0.2, 0) is 4.79 Å². The Morgan fingerprint density at radius 2 is 2.12 bits per heavy atom. The van der Waals surface area contributed by atoms with E-state index in [9.17, 15) is 4.79 Å². The Bertz CT molecular complexity index is 1430. The third kappa shape index (κ3) is 3.49. The van der Waals surface area contributed by atoms with Gasteiger partial charge in [0.2, 0.25) is 5.91 Å². The molecule has 1 aliphatic heterocycles. The van der Waals surface area contributed by atoms with Crippen LogP contribution in [0.5, 0.6) is 0 Å². The highest BCUT2D eigenvalue weighted by Gasteiger charge is 2.30. The third-order valence-corrected chi connectivity index (χ3v) is 6.89. The van der Waals surface area contributed by atoms with Crippen molar-refractivity contribution in [3.8, 4) is 11.1 Å². The summed E-state index contributed by atoms with van der Waals surface area (Å²) in [7, 11) is 0. The number of anilines is 1. The third-order valence-electron chi connectivity index (χ3n) is 6.59. The summed E-state index contributed by atoms with van der Waals surface area (Å²) in [4.78, 5) is 24.9. The number of rotatable bonds is 4. The monoisotopic (exact) mass is 478 g/mol. The van der Waals surface area contributed by atoms with E-state index in [1.165, 1.54) is 12.4 Å². The van der Waals surface area contributed by atoms with Crippen LogP contribution in [0.15, 0.2) is 43.4 Å². The molecule has 1 amide bonds. The fraction of sp³-hybridized carbons (Fsp3) is 0.280. The largest absolute Gasteiger partial charge is 0.352 e. The first kappa shape index (κ1) is 22.3. The van der Waals surface area contributed by atoms with Crippen molar-refractivity contribution < 1.29 is 9.18 Å². The minimum absolute atomic E-state index is 0.00482. The number of amides is 1. The number of aromatic nitrogens is 4. The number of benzene rings is 2. The minimum Gasteiger partial charge on any atom is -0.352 e. The van der Waals surface area contributed by atoms with Crippen molar-refractivity contribution in [1.82, 2.24) is 25.1 Å². The number of fused-ring (bicyclic) bond motifs is 2. The predicted molar refractivity (Wildman–Crippen MR) is 133 cm³/mol. The zero-order valence-electron chi connectivity index (χ0n) is 19.0. The summed E-state index contributed by atoms with van der Waals surface area (Å²) in [5.41, 5.74) is 2.89. The number of H-pyrrole nitrogens is 1. The zero-order chi connectivity index (χ0) is 24.0. The van der Waals surface area contributed by atoms with Gasteiger partial charge in [-0.25, -0.2) is 14.4 Å². The lowest BCUT2D eigenvalue weighted by Crippen LogP contribution is -2.55. The summed E-state index contributed by atoms with van der Waals surface area (Å²) in [6.07, 6.45) is 5.19. The van der Waals surface area contributed by atoms with Crippen molar-refractivity contribution in [2.45, 2.75) is 26.3 Å². The van der Waals surface area contributed by atoms with E-state index >= 15 is 4.39 Å². The molecule has 0 bridgehead atoms. The molecular weight excluding hydrogens is 455 g/mol. The van der Waals surface area contributed by atoms with Crippen LogP contribution in [0, 0.1) is 12.7 Å². The summed E-state index contributed by atoms with van der Waals surface area (Å²) in [6.45, 7) is 9.25. The number of piperazine rings is 1. The number of aromatic amines is 1. The Morgan fingerprint density at radius 3 is 2.88 bits per heavy atom. The number of hydrogen-bond donors (Lipinski definition) is 1. The first-order valence-electron chi connectivity index (χ1n) is 11.2. The van der Waals surface area contributed by atoms with Crippen molar-refractivity contribution in [1.29, 1.82) is 0 Å². The summed E-state index contributed by atoms with van der Waals surface area (Å²) < 4.78 is 16.0. The number of aryl methyl sites for hydroxylation is 1. The Kier molecular flexibility index (Phi) is 5.69. The number of nitrogens with zero attached hydrogens (tertiary/aromatic N) is 5. The maximum absolute atomic E-state index is 16.0. The Balaban J connectivity index is 1.63. The molecule has 0 radical (unpaired) electrons. The summed E-state index contributed by atoms with van der Waals surface area (Å²) in [6, 6.07) is 5.57. The number of carbonyl (C=O) groups excluding carboxylic acids is 1. The molecule has 3 heterocycles. The predicted octanol–water partition coefficient (Wildman–Crippen LogP) is 4.89. The number of nitrogens with one attached hydrogen (secondary N) is 1. The Hall–Kier alpha value is -3.52. The van der Waals surface area contributed by atoms with E-state index in [1.807, 2.05) is 30.9 Å². The molecule has 2 aromatic carbocycles. The molecule has 1 unspecified atom stereocenters. The van der Waals surface area contributed by atoms with Gasteiger partial charge in [0.1, 0.15) is 17.7 Å². The molecule has 0 aliphatic carbocycles. The van der Waals surface area contributed by atoms with Crippen LogP contribution >= 0.6 is 11.6 Å². The van der Waals surface area contributed by atoms with Gasteiger partial charge < -0.3 is 9.80 Å². The van der Waals surface area contributed by atoms with Gasteiger partial charge in [-0.05, 0) is 37.1 Å². The van der Waals surface area contributed by atoms with Gasteiger partial charge in [0.15, 0.2) is 5.82 Å². The van der Waals surface area contributed by atoms with Crippen LogP contribution in [0.25, 0.3) is 32.9 Å². The van der Waals surface area contributed by atoms with E-state index in [0.717, 1.165) is 22.9 Å². The molecule has 4 aromatic rings. The van der Waals surface area contributed by atoms with Crippen LogP contribution < -0.4 is 4.90 Å². The Labute approximate surface area is 201 Å². The molecule has 9 heteroatoms. The first-order valence-corrected chi connectivity index (χ1v) is 11.6. The van der Waals surface area contributed by atoms with E-state index in [4.69, 9.17) is 11.6 Å². The summed E-state index contributed by atoms with van der Waals surface area (Å²) in [5.74, 6) is 0.0387. The van der Waals surface area contributed by atoms with Gasteiger partial charge in [-0.15, -0.1) is 0 Å². The fourth-order valence-corrected chi connectivity index (χ4v) is 5.15. The SMILES string of the molecule is C=CC(=O)N1CCN(c2ncnc3c(F)c(-c4c(C)ccc5[nH]ncc45)c(Cl)cc23)CC1CC. The summed E-state index contributed by atoms with van der Waals surface area (Å²) >= 11 is 6.72. The van der Waals surface area contributed by atoms with Crippen LogP contribution in [0.1, 0.15) is 18.9 Å². The number of carbonyl (C=O) groups is 1. The number of halogens is 2. The van der Waals surface area contributed by atoms with Gasteiger partial charge in [0, 0.05) is 47.6 Å². The quantitative estimate of drug-likeness (QED) is 0.423. The average molecular weight is 479 g/mol. The molecule has 1 N–H and O–H groups in total. The number of hydrogen-bond acceptors (Lipinski definition) is 5. The van der Waals surface area contributed by atoms with E-state index in [1.54, 1.807) is 12.3 Å². The second-order valence-corrected chi connectivity index (χ2v) is 8.88. The molecule has 2 aromatic heterocycles. The van der Waals surface area contributed by atoms with Gasteiger partial charge in [-0.3, -0.25) is 9.89 Å². The van der Waals surface area contributed by atoms with Crippen LogP contribution in [0.4, 0.5) is 10.2 Å². The van der Waals surface area contributed by atoms with Crippen molar-refractivity contribution >= 4 is 45.1 Å². The lowest BCUT2D eigenvalue weighted by Gasteiger charge is -2.41. The van der Waals surface area contributed by atoms with Gasteiger partial charge in [0.05, 0.1) is 16.7 Å². The molecular formula is C25H24ClFN6O. The van der Waals surface area contributed by atoms with E-state index < -0.39 is 5.82 Å². The standard InChI is InChI=1S/C25H24ClFN6O/c1-4-15-12-32(8-9-33(15)20(34)5-2)25-16-10-18(26)22(23(27)24(16)28-13-29-25)21-14(3)6-7-19-17(21)11-30-31-19/h5-7,10-11,13,15H,2,4,8-9,12H2,1,3H3,(H,30,31). The average Bonchev–Trinajstić information content (AvgIpc) is 3.33. The molecule has 0 spiro atoms. The normalized spacial score (nSPS) is 16.4. The van der Waals surface area contributed by atoms with Crippen molar-refractivity contribution in [3.63, 3.8) is 0 Å². The van der Waals surface area contributed by atoms with Crippen LogP contribution in [0.3, 0.4) is 0 Å². The first-order chi connectivity index (χ1) is 16.4. The van der Waals surface area contributed by atoms with Crippen molar-refractivity contribution in [3.05, 3.63) is 59.8 Å². The van der Waals surface area contributed by atoms with Crippen molar-refractivity contribution in [2.24, 2.45) is 0 Å². The molecule has 34 heavy (non-hydrogen) atoms. The van der Waals surface area contributed by atoms with Crippen LogP contribution in [-0.4, -0.2) is 56.6 Å². The highest BCUT2D eigenvalue weighted by molar-refractivity contribution is 6.35. The zero-order valence-corrected chi connectivity index (χ0v) is 19.7. The van der Waals surface area contributed by atoms with Gasteiger partial charge in [0.25, 0.3) is 0 Å². The van der Waals surface area contributed by atoms with Gasteiger partial charge in [-0.2, -0.15) is 5.10 Å². The summed E-state index contributed by atoms with van der Waals surface area (Å²) in [5, 5.41) is 8.66. The topological polar surface area (TPSA) is 78.0 Å². The van der Waals surface area contributed by atoms with Gasteiger partial charge >= 0.3 is 0 Å². The lowest BCUT2D eigenvalue weighted by atomic mass is 9.95. The fourth-order valence-electron chi connectivity index (χ4n) is 4.86. The maximum atomic E-state index is 16.0. The smallest absolute Gasteiger partial charge is 0.246 e. The van der Waals surface area contributed by atoms with E-state index in [2.05, 4.69) is 31.6 Å². The molecule has 5 rings (SSSR count). The van der Waals surface area contributed by atoms with E-state index in [0.29, 0.717) is 42.0 Å². The molecule has 7 nitrogen and oxygen atoms in total. The second kappa shape index (κ2) is 8.68. The molecule has 1 atom stereocenters. The van der Waals surface area contributed by atoms with E-state index in [-0.39, 0.29) is 22.5 Å². The minimum atomic E-state index is -0.490. The Morgan fingerprint density at radius 1 is 1.29 bits per heavy atom. The van der Waals surface area contributed by atoms with Gasteiger partial charge in [-0.1, -0.05) is 31.2 Å². The highest BCUT2D eigenvalue weighted by atomic mass is 35.5. The molecule has 1 saturated heterocycles. The van der Waals surface area contributed by atoms with Crippen molar-refractivity contribution in [2.75, 3.05) is 24.5 Å². The molecule has 174 valence electrons. The molecule has 1 aliphatic rings. The molecule has 1 fully saturated rings. The lowest BCUT2D eigenvalue weighted by molar-refractivity contribution is -0.128. The second-order valence-electron chi connectivity index (χ2n) is 8.47. The maximum Gasteiger partial charge on any atom is 0.246 e.